The summed E-state index contributed by atoms with van der Waals surface area (Å²) in [7, 11) is 0. The molecule has 0 radical (unpaired) electrons. The molecular weight excluding hydrogens is 461 g/mol. The number of rotatable bonds is 7. The van der Waals surface area contributed by atoms with Gasteiger partial charge in [0.15, 0.2) is 0 Å². The topological polar surface area (TPSA) is 46.4 Å². The number of hydrogen-bond acceptors (Lipinski definition) is 3. The maximum atomic E-state index is 12.0. The molecule has 1 amide bonds. The van der Waals surface area contributed by atoms with Gasteiger partial charge in [-0.15, -0.1) is 11.8 Å². The number of hydrazone groups is 1. The smallest absolute Gasteiger partial charge is 0.250 e. The van der Waals surface area contributed by atoms with Crippen LogP contribution in [0.5, 0.6) is 0 Å². The number of thioether (sulfide) groups is 1. The van der Waals surface area contributed by atoms with Gasteiger partial charge in [0.25, 0.3) is 0 Å². The number of carbonyl (C=O) groups is 1. The van der Waals surface area contributed by atoms with E-state index in [4.69, 9.17) is 34.8 Å². The lowest BCUT2D eigenvalue weighted by molar-refractivity contribution is -0.118. The molecule has 4 nitrogen and oxygen atoms in total. The van der Waals surface area contributed by atoms with E-state index < -0.39 is 0 Å². The standard InChI is InChI=1S/C22H20Cl3N3OS/c1-14-10-17(15(2)28(14)20-5-3-4-19(24)22(20)25)11-26-27-21(29)13-30-12-16-6-8-18(23)9-7-16/h3-11H,12-13H2,1-2H3,(H,27,29)/b26-11-. The molecule has 156 valence electrons. The molecule has 0 atom stereocenters. The summed E-state index contributed by atoms with van der Waals surface area (Å²) < 4.78 is 2.01. The quantitative estimate of drug-likeness (QED) is 0.312. The number of carbonyl (C=O) groups excluding carboxylic acids is 1. The Bertz CT molecular complexity index is 1080. The van der Waals surface area contributed by atoms with Gasteiger partial charge in [0.05, 0.1) is 27.7 Å². The average Bonchev–Trinajstić information content (AvgIpc) is 2.99. The van der Waals surface area contributed by atoms with Gasteiger partial charge in [-0.25, -0.2) is 5.43 Å². The summed E-state index contributed by atoms with van der Waals surface area (Å²) in [5.41, 5.74) is 7.33. The van der Waals surface area contributed by atoms with Crippen LogP contribution in [0.4, 0.5) is 0 Å². The van der Waals surface area contributed by atoms with Crippen molar-refractivity contribution in [2.45, 2.75) is 19.6 Å². The molecule has 2 aromatic carbocycles. The molecule has 1 N–H and O–H groups in total. The first-order chi connectivity index (χ1) is 14.4. The highest BCUT2D eigenvalue weighted by Gasteiger charge is 2.13. The molecule has 0 aliphatic rings. The fraction of sp³-hybridized carbons (Fsp3) is 0.182. The molecule has 1 aromatic heterocycles. The Kier molecular flexibility index (Phi) is 7.89. The number of nitrogens with one attached hydrogen (secondary N) is 1. The number of halogens is 3. The molecule has 30 heavy (non-hydrogen) atoms. The monoisotopic (exact) mass is 479 g/mol. The number of benzene rings is 2. The van der Waals surface area contributed by atoms with Crippen LogP contribution in [0.15, 0.2) is 53.6 Å². The van der Waals surface area contributed by atoms with Crippen molar-refractivity contribution in [2.24, 2.45) is 5.10 Å². The van der Waals surface area contributed by atoms with Crippen LogP contribution in [0.3, 0.4) is 0 Å². The molecule has 0 bridgehead atoms. The van der Waals surface area contributed by atoms with Gasteiger partial charge in [-0.05, 0) is 49.7 Å². The van der Waals surface area contributed by atoms with Gasteiger partial charge >= 0.3 is 0 Å². The van der Waals surface area contributed by atoms with E-state index in [1.54, 1.807) is 12.3 Å². The van der Waals surface area contributed by atoms with E-state index in [0.29, 0.717) is 20.8 Å². The second-order valence-corrected chi connectivity index (χ2v) is 8.85. The van der Waals surface area contributed by atoms with E-state index in [9.17, 15) is 4.79 Å². The molecule has 3 aromatic rings. The van der Waals surface area contributed by atoms with Crippen molar-refractivity contribution in [1.29, 1.82) is 0 Å². The molecule has 8 heteroatoms. The van der Waals surface area contributed by atoms with Crippen molar-refractivity contribution < 1.29 is 4.79 Å². The van der Waals surface area contributed by atoms with Crippen LogP contribution in [-0.2, 0) is 10.5 Å². The zero-order valence-electron chi connectivity index (χ0n) is 16.5. The predicted molar refractivity (Wildman–Crippen MR) is 129 cm³/mol. The van der Waals surface area contributed by atoms with E-state index in [-0.39, 0.29) is 5.91 Å². The van der Waals surface area contributed by atoms with Crippen molar-refractivity contribution in [1.82, 2.24) is 9.99 Å². The molecule has 0 aliphatic heterocycles. The van der Waals surface area contributed by atoms with Gasteiger partial charge in [-0.1, -0.05) is 53.0 Å². The Labute approximate surface area is 195 Å². The highest BCUT2D eigenvalue weighted by Crippen LogP contribution is 2.31. The van der Waals surface area contributed by atoms with E-state index in [1.165, 1.54) is 11.8 Å². The Morgan fingerprint density at radius 3 is 2.60 bits per heavy atom. The Morgan fingerprint density at radius 1 is 1.13 bits per heavy atom. The van der Waals surface area contributed by atoms with Gasteiger partial charge in [-0.2, -0.15) is 5.10 Å². The van der Waals surface area contributed by atoms with Crippen LogP contribution in [0.1, 0.15) is 22.5 Å². The summed E-state index contributed by atoms with van der Waals surface area (Å²) >= 11 is 19.9. The number of amides is 1. The SMILES string of the molecule is Cc1cc(/C=N\NC(=O)CSCc2ccc(Cl)cc2)c(C)n1-c1cccc(Cl)c1Cl. The van der Waals surface area contributed by atoms with Crippen molar-refractivity contribution in [3.05, 3.63) is 86.1 Å². The van der Waals surface area contributed by atoms with Crippen LogP contribution < -0.4 is 5.43 Å². The maximum absolute atomic E-state index is 12.0. The summed E-state index contributed by atoms with van der Waals surface area (Å²) in [4.78, 5) is 12.0. The van der Waals surface area contributed by atoms with Crippen LogP contribution >= 0.6 is 46.6 Å². The molecule has 3 rings (SSSR count). The molecule has 0 aliphatic carbocycles. The summed E-state index contributed by atoms with van der Waals surface area (Å²) in [5, 5.41) is 5.80. The van der Waals surface area contributed by atoms with E-state index in [2.05, 4.69) is 10.5 Å². The lowest BCUT2D eigenvalue weighted by atomic mass is 10.2. The summed E-state index contributed by atoms with van der Waals surface area (Å²) in [6.07, 6.45) is 1.64. The second kappa shape index (κ2) is 10.4. The summed E-state index contributed by atoms with van der Waals surface area (Å²) in [5.74, 6) is 0.893. The van der Waals surface area contributed by atoms with Gasteiger partial charge < -0.3 is 4.57 Å². The largest absolute Gasteiger partial charge is 0.316 e. The molecule has 0 spiro atoms. The van der Waals surface area contributed by atoms with Gasteiger partial charge in [0, 0.05) is 27.7 Å². The average molecular weight is 481 g/mol. The molecule has 1 heterocycles. The maximum Gasteiger partial charge on any atom is 0.250 e. The lowest BCUT2D eigenvalue weighted by Crippen LogP contribution is -2.19. The third kappa shape index (κ3) is 5.61. The van der Waals surface area contributed by atoms with Gasteiger partial charge in [0.1, 0.15) is 0 Å². The molecule has 0 saturated carbocycles. The van der Waals surface area contributed by atoms with Gasteiger partial charge in [-0.3, -0.25) is 4.79 Å². The minimum Gasteiger partial charge on any atom is -0.316 e. The van der Waals surface area contributed by atoms with Crippen LogP contribution in [-0.4, -0.2) is 22.4 Å². The predicted octanol–water partition coefficient (Wildman–Crippen LogP) is 6.44. The van der Waals surface area contributed by atoms with Crippen LogP contribution in [0, 0.1) is 13.8 Å². The van der Waals surface area contributed by atoms with Crippen molar-refractivity contribution >= 4 is 58.7 Å². The minimum absolute atomic E-state index is 0.156. The van der Waals surface area contributed by atoms with E-state index >= 15 is 0 Å². The first-order valence-corrected chi connectivity index (χ1v) is 11.4. The molecule has 0 saturated heterocycles. The van der Waals surface area contributed by atoms with E-state index in [1.807, 2.05) is 60.9 Å². The minimum atomic E-state index is -0.156. The Balaban J connectivity index is 1.59. The molecule has 0 fully saturated rings. The molecule has 0 unspecified atom stereocenters. The third-order valence-electron chi connectivity index (χ3n) is 4.45. The van der Waals surface area contributed by atoms with Crippen molar-refractivity contribution in [2.75, 3.05) is 5.75 Å². The van der Waals surface area contributed by atoms with E-state index in [0.717, 1.165) is 34.0 Å². The summed E-state index contributed by atoms with van der Waals surface area (Å²) in [6, 6.07) is 15.1. The highest BCUT2D eigenvalue weighted by molar-refractivity contribution is 7.99. The Morgan fingerprint density at radius 2 is 1.87 bits per heavy atom. The fourth-order valence-corrected chi connectivity index (χ4v) is 4.29. The fourth-order valence-electron chi connectivity index (χ4n) is 3.00. The van der Waals surface area contributed by atoms with Gasteiger partial charge in [0.2, 0.25) is 5.91 Å². The number of nitrogens with zero attached hydrogens (tertiary/aromatic N) is 2. The number of hydrogen-bond donors (Lipinski definition) is 1. The van der Waals surface area contributed by atoms with Crippen LogP contribution in [0.25, 0.3) is 5.69 Å². The van der Waals surface area contributed by atoms with Crippen molar-refractivity contribution in [3.63, 3.8) is 0 Å². The number of aromatic nitrogens is 1. The normalized spacial score (nSPS) is 11.2. The first kappa shape index (κ1) is 22.8. The molecular formula is C22H20Cl3N3OS. The first-order valence-electron chi connectivity index (χ1n) is 9.14. The third-order valence-corrected chi connectivity index (χ3v) is 6.52. The van der Waals surface area contributed by atoms with Crippen LogP contribution in [0.2, 0.25) is 15.1 Å². The van der Waals surface area contributed by atoms with Crippen molar-refractivity contribution in [3.8, 4) is 5.69 Å². The summed E-state index contributed by atoms with van der Waals surface area (Å²) in [6.45, 7) is 3.95. The number of aryl methyl sites for hydroxylation is 1. The zero-order valence-corrected chi connectivity index (χ0v) is 19.5. The lowest BCUT2D eigenvalue weighted by Gasteiger charge is -2.12. The Hall–Kier alpha value is -1.92. The highest BCUT2D eigenvalue weighted by atomic mass is 35.5. The zero-order chi connectivity index (χ0) is 21.7. The second-order valence-electron chi connectivity index (χ2n) is 6.65.